The summed E-state index contributed by atoms with van der Waals surface area (Å²) in [4.78, 5) is 74.3. The second-order valence-electron chi connectivity index (χ2n) is 20.4. The molecule has 2 bridgehead atoms. The van der Waals surface area contributed by atoms with Crippen LogP contribution >= 0.6 is 0 Å². The molecule has 17 nitrogen and oxygen atoms in total. The number of nitrogens with zero attached hydrogens (tertiary/aromatic N) is 4. The van der Waals surface area contributed by atoms with E-state index >= 15 is 0 Å². The first-order chi connectivity index (χ1) is 32.8. The highest BCUT2D eigenvalue weighted by atomic mass is 16.6. The number of H-pyrrole nitrogens is 1. The van der Waals surface area contributed by atoms with Gasteiger partial charge in [0.15, 0.2) is 11.8 Å². The summed E-state index contributed by atoms with van der Waals surface area (Å²) in [5, 5.41) is 34.9. The lowest BCUT2D eigenvalue weighted by Gasteiger charge is -2.40. The molecule has 1 aromatic rings. The normalized spacial score (nSPS) is 36.3. The van der Waals surface area contributed by atoms with E-state index in [9.17, 15) is 34.2 Å². The lowest BCUT2D eigenvalue weighted by molar-refractivity contribution is -0.834. The minimum Gasteiger partial charge on any atom is -0.460 e. The zero-order valence-corrected chi connectivity index (χ0v) is 42.6. The topological polar surface area (TPSA) is 221 Å². The van der Waals surface area contributed by atoms with E-state index in [1.807, 2.05) is 58.1 Å². The molecular weight excluding hydrogens is 887 g/mol. The lowest BCUT2D eigenvalue weighted by atomic mass is 9.77. The molecule has 5 rings (SSSR count). The average Bonchev–Trinajstić information content (AvgIpc) is 3.85. The number of fused-ring (bicyclic) bond motifs is 3. The van der Waals surface area contributed by atoms with E-state index in [2.05, 4.69) is 15.4 Å². The molecule has 2 saturated heterocycles. The SMILES string of the molecule is CO[C@H]1CC2CC[C@@H](C)C(=O)C(O)(O2)C(=O)N2CCCCC2C(=O)O[C@H]([C@H](C)C[C@@H]2CC[C@@H]([n+]3ncn[nH]3)[C@H](OC)C2)CC(=O)[C@H](C)C=C(C)[C@@H](O)[C@@H](OC)C(=O)[C@@H](C)C[C@H](C)C=CC=CC=C1C. The standard InChI is InChI=1S/C52H79N5O12/c1-31-16-12-11-13-17-32(2)43(65-8)28-39-21-19-33(3)49(61)52(64,69-39)51(63)56-23-15-14-18-41(56)50(62)68-44(35(5)26-38-20-22-40(45(27-38)66-9)57-54-30-53-55-57)29-42(58)34(4)25-37(7)47(60)48(67-10)46(59)36(6)24-31/h11-13,16-17,25,30-31,33-36,38-41,43-45,47-48,60,64H,14-15,18-24,26-29H2,1-10H3/p+1/t31-,33-,34-,35-,36+,38+,39?,40-,41?,43+,44+,45-,47-,48+,52?/m1/s1. The number of cyclic esters (lactones) is 1. The van der Waals surface area contributed by atoms with E-state index in [0.717, 1.165) is 18.4 Å². The number of Topliss-reactive ketones (excluding diaryl/α,β-unsaturated/α-hetero) is 3. The molecule has 1 saturated carbocycles. The van der Waals surface area contributed by atoms with Crippen molar-refractivity contribution < 1.29 is 62.7 Å². The largest absolute Gasteiger partial charge is 0.460 e. The summed E-state index contributed by atoms with van der Waals surface area (Å²) in [6.07, 6.45) is 13.3. The number of piperidine rings is 1. The van der Waals surface area contributed by atoms with Crippen LogP contribution in [0.2, 0.25) is 0 Å². The van der Waals surface area contributed by atoms with Crippen LogP contribution in [0.1, 0.15) is 132 Å². The Bertz CT molecular complexity index is 2020. The number of aromatic nitrogens is 4. The van der Waals surface area contributed by atoms with Gasteiger partial charge in [0.25, 0.3) is 12.2 Å². The van der Waals surface area contributed by atoms with Crippen molar-refractivity contribution in [1.82, 2.24) is 20.3 Å². The number of aromatic amines is 1. The van der Waals surface area contributed by atoms with Gasteiger partial charge in [0.05, 0.1) is 17.3 Å². The van der Waals surface area contributed by atoms with Crippen LogP contribution in [0, 0.1) is 35.5 Å². The summed E-state index contributed by atoms with van der Waals surface area (Å²) in [7, 11) is 4.62. The summed E-state index contributed by atoms with van der Waals surface area (Å²) in [6, 6.07) is -1.21. The number of allylic oxidation sites excluding steroid dienone is 6. The number of nitrogens with one attached hydrogen (secondary N) is 1. The van der Waals surface area contributed by atoms with Crippen molar-refractivity contribution in [3.05, 3.63) is 53.9 Å². The maximum Gasteiger partial charge on any atom is 0.329 e. The maximum atomic E-state index is 14.7. The number of rotatable bonds is 7. The molecule has 17 heteroatoms. The van der Waals surface area contributed by atoms with Crippen LogP contribution < -0.4 is 4.80 Å². The number of carbonyl (C=O) groups is 5. The number of aliphatic hydroxyl groups is 2. The number of ether oxygens (including phenoxy) is 5. The Labute approximate surface area is 408 Å². The monoisotopic (exact) mass is 967 g/mol. The summed E-state index contributed by atoms with van der Waals surface area (Å²) in [6.45, 7) is 12.8. The summed E-state index contributed by atoms with van der Waals surface area (Å²) >= 11 is 0. The van der Waals surface area contributed by atoms with E-state index in [1.165, 1.54) is 18.3 Å². The third-order valence-corrected chi connectivity index (χ3v) is 15.1. The molecular formula is C52H80N5O12+. The third kappa shape index (κ3) is 14.2. The van der Waals surface area contributed by atoms with Crippen LogP contribution in [0.5, 0.6) is 0 Å². The molecule has 69 heavy (non-hydrogen) atoms. The minimum absolute atomic E-state index is 0.0134. The maximum absolute atomic E-state index is 14.7. The van der Waals surface area contributed by atoms with Gasteiger partial charge in [-0.3, -0.25) is 19.2 Å². The van der Waals surface area contributed by atoms with E-state index in [-0.39, 0.29) is 67.3 Å². The van der Waals surface area contributed by atoms with Gasteiger partial charge in [-0.2, -0.15) is 0 Å². The highest BCUT2D eigenvalue weighted by molar-refractivity contribution is 6.09. The first-order valence-electron chi connectivity index (χ1n) is 25.1. The van der Waals surface area contributed by atoms with Crippen LogP contribution in [0.15, 0.2) is 53.9 Å². The molecule has 384 valence electrons. The molecule has 0 spiro atoms. The van der Waals surface area contributed by atoms with E-state index in [0.29, 0.717) is 50.5 Å². The molecule has 1 aliphatic carbocycles. The van der Waals surface area contributed by atoms with E-state index in [1.54, 1.807) is 45.9 Å². The second kappa shape index (κ2) is 25.7. The van der Waals surface area contributed by atoms with Gasteiger partial charge in [-0.05, 0) is 117 Å². The molecule has 3 fully saturated rings. The first kappa shape index (κ1) is 55.7. The van der Waals surface area contributed by atoms with Crippen molar-refractivity contribution in [2.45, 2.75) is 180 Å². The average molecular weight is 967 g/mol. The van der Waals surface area contributed by atoms with Crippen LogP contribution in [0.4, 0.5) is 0 Å². The van der Waals surface area contributed by atoms with E-state index in [4.69, 9.17) is 23.7 Å². The number of amides is 1. The van der Waals surface area contributed by atoms with Crippen molar-refractivity contribution in [3.63, 3.8) is 0 Å². The van der Waals surface area contributed by atoms with Crippen LogP contribution in [-0.4, -0.2) is 136 Å². The molecule has 4 heterocycles. The van der Waals surface area contributed by atoms with Crippen molar-refractivity contribution in [1.29, 1.82) is 0 Å². The smallest absolute Gasteiger partial charge is 0.329 e. The van der Waals surface area contributed by atoms with Gasteiger partial charge in [-0.25, -0.2) is 4.79 Å². The number of aliphatic hydroxyl groups excluding tert-OH is 1. The van der Waals surface area contributed by atoms with Crippen LogP contribution in [0.3, 0.4) is 0 Å². The molecule has 3 N–H and O–H groups in total. The van der Waals surface area contributed by atoms with Gasteiger partial charge >= 0.3 is 11.8 Å². The van der Waals surface area contributed by atoms with Crippen LogP contribution in [0.25, 0.3) is 0 Å². The van der Waals surface area contributed by atoms with Gasteiger partial charge in [-0.15, -0.1) is 0 Å². The highest BCUT2D eigenvalue weighted by Gasteiger charge is 2.55. The number of tetrazole rings is 1. The number of methoxy groups -OCH3 is 3. The molecule has 1 aromatic heterocycles. The van der Waals surface area contributed by atoms with Crippen molar-refractivity contribution in [3.8, 4) is 0 Å². The van der Waals surface area contributed by atoms with Crippen molar-refractivity contribution in [2.24, 2.45) is 35.5 Å². The van der Waals surface area contributed by atoms with Crippen molar-refractivity contribution >= 4 is 29.2 Å². The van der Waals surface area contributed by atoms with Crippen LogP contribution in [-0.2, 0) is 47.7 Å². The fraction of sp³-hybridized carbons (Fsp3) is 0.731. The Morgan fingerprint density at radius 2 is 1.65 bits per heavy atom. The van der Waals surface area contributed by atoms with Gasteiger partial charge in [0.2, 0.25) is 5.78 Å². The Hall–Kier alpha value is -4.26. The molecule has 15 atom stereocenters. The molecule has 0 radical (unpaired) electrons. The van der Waals surface area contributed by atoms with Gasteiger partial charge in [0.1, 0.15) is 36.2 Å². The van der Waals surface area contributed by atoms with E-state index < -0.39 is 77.8 Å². The molecule has 1 amide bonds. The Morgan fingerprint density at radius 3 is 2.33 bits per heavy atom. The van der Waals surface area contributed by atoms with Gasteiger partial charge < -0.3 is 38.8 Å². The summed E-state index contributed by atoms with van der Waals surface area (Å²) < 4.78 is 30.0. The Morgan fingerprint density at radius 1 is 0.899 bits per heavy atom. The minimum atomic E-state index is -2.85. The number of ketones is 3. The van der Waals surface area contributed by atoms with Gasteiger partial charge in [-0.1, -0.05) is 75.9 Å². The number of esters is 1. The number of hydrogen-bond donors (Lipinski definition) is 3. The molecule has 0 aromatic carbocycles. The first-order valence-corrected chi connectivity index (χ1v) is 25.1. The zero-order chi connectivity index (χ0) is 50.6. The fourth-order valence-electron chi connectivity index (χ4n) is 10.7. The predicted octanol–water partition coefficient (Wildman–Crippen LogP) is 5.47. The lowest BCUT2D eigenvalue weighted by Crippen LogP contribution is -2.62. The summed E-state index contributed by atoms with van der Waals surface area (Å²) in [5.41, 5.74) is 1.24. The molecule has 3 unspecified atom stereocenters. The number of carbonyl (C=O) groups excluding carboxylic acids is 5. The zero-order valence-electron chi connectivity index (χ0n) is 42.6. The quantitative estimate of drug-likeness (QED) is 0.134. The predicted molar refractivity (Wildman–Crippen MR) is 255 cm³/mol. The molecule has 4 aliphatic rings. The highest BCUT2D eigenvalue weighted by Crippen LogP contribution is 2.38. The fourth-order valence-corrected chi connectivity index (χ4v) is 10.7. The Balaban J connectivity index is 1.49. The Kier molecular flexibility index (Phi) is 20.8. The third-order valence-electron chi connectivity index (χ3n) is 15.1. The number of hydrogen-bond acceptors (Lipinski definition) is 14. The second-order valence-corrected chi connectivity index (χ2v) is 20.4. The summed E-state index contributed by atoms with van der Waals surface area (Å²) in [5.74, 6) is -7.95. The molecule has 3 aliphatic heterocycles. The van der Waals surface area contributed by atoms with Gasteiger partial charge in [0, 0.05) is 58.5 Å². The van der Waals surface area contributed by atoms with Crippen molar-refractivity contribution in [2.75, 3.05) is 27.9 Å².